The Kier molecular flexibility index (Phi) is 4.49. The monoisotopic (exact) mass is 410 g/mol. The maximum absolute atomic E-state index is 13.5. The van der Waals surface area contributed by atoms with Crippen molar-refractivity contribution >= 4 is 34.2 Å². The van der Waals surface area contributed by atoms with Crippen molar-refractivity contribution in [1.82, 2.24) is 9.97 Å². The van der Waals surface area contributed by atoms with E-state index in [1.807, 2.05) is 12.1 Å². The fraction of sp³-hybridized carbons (Fsp3) is 0.318. The molecule has 154 valence electrons. The number of halogens is 2. The van der Waals surface area contributed by atoms with Gasteiger partial charge in [-0.25, -0.2) is 13.8 Å². The van der Waals surface area contributed by atoms with Gasteiger partial charge in [-0.2, -0.15) is 0 Å². The smallest absolute Gasteiger partial charge is 0.239 e. The van der Waals surface area contributed by atoms with Gasteiger partial charge >= 0.3 is 0 Å². The number of fused-ring (bicyclic) bond motifs is 1. The van der Waals surface area contributed by atoms with Crippen LogP contribution in [0.2, 0.25) is 0 Å². The summed E-state index contributed by atoms with van der Waals surface area (Å²) in [5, 5.41) is 2.79. The summed E-state index contributed by atoms with van der Waals surface area (Å²) in [6, 6.07) is 8.32. The van der Waals surface area contributed by atoms with Gasteiger partial charge in [-0.1, -0.05) is 6.42 Å². The molecule has 1 saturated heterocycles. The zero-order valence-corrected chi connectivity index (χ0v) is 16.1. The number of hydrogen-bond donors (Lipinski definition) is 2. The number of rotatable bonds is 4. The summed E-state index contributed by atoms with van der Waals surface area (Å²) in [7, 11) is 0. The molecule has 0 radical (unpaired) electrons. The number of anilines is 2. The van der Waals surface area contributed by atoms with E-state index >= 15 is 0 Å². The van der Waals surface area contributed by atoms with Crippen LogP contribution in [-0.2, 0) is 9.59 Å². The molecule has 6 nitrogen and oxygen atoms in total. The van der Waals surface area contributed by atoms with Gasteiger partial charge in [-0.3, -0.25) is 9.59 Å². The molecule has 1 saturated carbocycles. The zero-order chi connectivity index (χ0) is 20.8. The van der Waals surface area contributed by atoms with Gasteiger partial charge in [0.05, 0.1) is 11.0 Å². The molecule has 2 aromatic carbocycles. The lowest BCUT2D eigenvalue weighted by molar-refractivity contribution is -0.129. The van der Waals surface area contributed by atoms with E-state index < -0.39 is 29.4 Å². The predicted octanol–water partition coefficient (Wildman–Crippen LogP) is 4.10. The highest BCUT2D eigenvalue weighted by Crippen LogP contribution is 2.35. The number of nitrogens with zero attached hydrogens (tertiary/aromatic N) is 2. The van der Waals surface area contributed by atoms with Gasteiger partial charge in [0, 0.05) is 29.9 Å². The first-order valence-corrected chi connectivity index (χ1v) is 10.1. The maximum Gasteiger partial charge on any atom is 0.239 e. The van der Waals surface area contributed by atoms with Crippen molar-refractivity contribution in [2.24, 2.45) is 5.92 Å². The third kappa shape index (κ3) is 3.32. The molecule has 3 aromatic rings. The molecule has 8 heteroatoms. The Morgan fingerprint density at radius 1 is 1.10 bits per heavy atom. The largest absolute Gasteiger partial charge is 0.342 e. The van der Waals surface area contributed by atoms with Crippen LogP contribution in [-0.4, -0.2) is 28.3 Å². The molecule has 2 fully saturated rings. The molecule has 1 atom stereocenters. The number of nitrogens with one attached hydrogen (secondary N) is 2. The van der Waals surface area contributed by atoms with Crippen LogP contribution in [0, 0.1) is 17.6 Å². The van der Waals surface area contributed by atoms with Crippen LogP contribution in [0.5, 0.6) is 0 Å². The van der Waals surface area contributed by atoms with E-state index in [-0.39, 0.29) is 18.7 Å². The number of hydrogen-bond acceptors (Lipinski definition) is 3. The van der Waals surface area contributed by atoms with E-state index in [4.69, 9.17) is 0 Å². The van der Waals surface area contributed by atoms with Crippen LogP contribution in [0.25, 0.3) is 11.0 Å². The second kappa shape index (κ2) is 7.19. The Morgan fingerprint density at radius 2 is 1.87 bits per heavy atom. The van der Waals surface area contributed by atoms with Crippen LogP contribution >= 0.6 is 0 Å². The second-order valence-electron chi connectivity index (χ2n) is 7.93. The Morgan fingerprint density at radius 3 is 2.57 bits per heavy atom. The molecule has 2 aliphatic rings. The Labute approximate surface area is 171 Å². The summed E-state index contributed by atoms with van der Waals surface area (Å²) in [5.74, 6) is -1.88. The van der Waals surface area contributed by atoms with Crippen molar-refractivity contribution in [3.05, 3.63) is 53.9 Å². The lowest BCUT2D eigenvalue weighted by atomic mass is 9.85. The summed E-state index contributed by atoms with van der Waals surface area (Å²) in [5.41, 5.74) is 2.37. The standard InChI is InChI=1S/C22H20F2N4O2/c23-13-8-14(24)10-16(9-13)28-7-6-17(22(28)30)21(29)25-15-4-5-18-19(11-15)27-20(26-18)12-2-1-3-12/h4-5,8-12,17H,1-3,6-7H2,(H,25,29)(H,26,27). The zero-order valence-electron chi connectivity index (χ0n) is 16.1. The molecule has 0 spiro atoms. The molecule has 0 bridgehead atoms. The summed E-state index contributed by atoms with van der Waals surface area (Å²) in [6.07, 6.45) is 3.77. The van der Waals surface area contributed by atoms with Crippen LogP contribution in [0.3, 0.4) is 0 Å². The topological polar surface area (TPSA) is 78.1 Å². The third-order valence-corrected chi connectivity index (χ3v) is 5.94. The number of carbonyl (C=O) groups is 2. The molecule has 5 rings (SSSR count). The fourth-order valence-corrected chi connectivity index (χ4v) is 4.09. The summed E-state index contributed by atoms with van der Waals surface area (Å²) < 4.78 is 27.0. The van der Waals surface area contributed by atoms with E-state index in [0.717, 1.165) is 47.9 Å². The minimum Gasteiger partial charge on any atom is -0.342 e. The van der Waals surface area contributed by atoms with Gasteiger partial charge in [0.25, 0.3) is 0 Å². The number of carbonyl (C=O) groups excluding carboxylic acids is 2. The molecule has 1 aromatic heterocycles. The molecular formula is C22H20F2N4O2. The van der Waals surface area contributed by atoms with E-state index in [2.05, 4.69) is 15.3 Å². The van der Waals surface area contributed by atoms with Crippen molar-refractivity contribution in [2.45, 2.75) is 31.6 Å². The van der Waals surface area contributed by atoms with E-state index in [1.54, 1.807) is 6.07 Å². The average Bonchev–Trinajstić information content (AvgIpc) is 3.22. The van der Waals surface area contributed by atoms with Crippen LogP contribution in [0.4, 0.5) is 20.2 Å². The number of aromatic nitrogens is 2. The molecule has 1 unspecified atom stereocenters. The van der Waals surface area contributed by atoms with Gasteiger partial charge in [0.15, 0.2) is 0 Å². The van der Waals surface area contributed by atoms with Crippen molar-refractivity contribution in [3.63, 3.8) is 0 Å². The highest BCUT2D eigenvalue weighted by Gasteiger charge is 2.38. The first-order valence-electron chi connectivity index (χ1n) is 10.1. The highest BCUT2D eigenvalue weighted by molar-refractivity contribution is 6.13. The number of H-pyrrole nitrogens is 1. The summed E-state index contributed by atoms with van der Waals surface area (Å²) in [6.45, 7) is 0.226. The number of benzene rings is 2. The number of amides is 2. The molecule has 1 aliphatic heterocycles. The van der Waals surface area contributed by atoms with Crippen molar-refractivity contribution in [3.8, 4) is 0 Å². The van der Waals surface area contributed by atoms with Gasteiger partial charge in [0.1, 0.15) is 23.4 Å². The number of imidazole rings is 1. The second-order valence-corrected chi connectivity index (χ2v) is 7.93. The Balaban J connectivity index is 1.31. The van der Waals surface area contributed by atoms with Crippen molar-refractivity contribution in [2.75, 3.05) is 16.8 Å². The lowest BCUT2D eigenvalue weighted by Gasteiger charge is -2.22. The van der Waals surface area contributed by atoms with E-state index in [0.29, 0.717) is 11.6 Å². The number of aromatic amines is 1. The predicted molar refractivity (Wildman–Crippen MR) is 108 cm³/mol. The molecule has 2 heterocycles. The quantitative estimate of drug-likeness (QED) is 0.636. The molecule has 2 amide bonds. The normalized spacial score (nSPS) is 19.3. The van der Waals surface area contributed by atoms with Gasteiger partial charge < -0.3 is 15.2 Å². The van der Waals surface area contributed by atoms with E-state index in [1.165, 1.54) is 11.3 Å². The molecule has 30 heavy (non-hydrogen) atoms. The Bertz CT molecular complexity index is 1130. The SMILES string of the molecule is O=C(Nc1ccc2nc(C3CCC3)[nH]c2c1)C1CCN(c2cc(F)cc(F)c2)C1=O. The van der Waals surface area contributed by atoms with Gasteiger partial charge in [-0.05, 0) is 49.6 Å². The van der Waals surface area contributed by atoms with Gasteiger partial charge in [0.2, 0.25) is 11.8 Å². The molecule has 1 aliphatic carbocycles. The van der Waals surface area contributed by atoms with Crippen LogP contribution < -0.4 is 10.2 Å². The van der Waals surface area contributed by atoms with Crippen molar-refractivity contribution < 1.29 is 18.4 Å². The van der Waals surface area contributed by atoms with Gasteiger partial charge in [-0.15, -0.1) is 0 Å². The summed E-state index contributed by atoms with van der Waals surface area (Å²) in [4.78, 5) is 34.6. The Hall–Kier alpha value is -3.29. The lowest BCUT2D eigenvalue weighted by Crippen LogP contribution is -2.33. The first kappa shape index (κ1) is 18.7. The summed E-state index contributed by atoms with van der Waals surface area (Å²) >= 11 is 0. The molecular weight excluding hydrogens is 390 g/mol. The fourth-order valence-electron chi connectivity index (χ4n) is 4.09. The maximum atomic E-state index is 13.5. The minimum atomic E-state index is -0.903. The first-order chi connectivity index (χ1) is 14.5. The van der Waals surface area contributed by atoms with E-state index in [9.17, 15) is 18.4 Å². The third-order valence-electron chi connectivity index (χ3n) is 5.94. The highest BCUT2D eigenvalue weighted by atomic mass is 19.1. The molecule has 2 N–H and O–H groups in total. The minimum absolute atomic E-state index is 0.121. The van der Waals surface area contributed by atoms with Crippen molar-refractivity contribution in [1.29, 1.82) is 0 Å². The van der Waals surface area contributed by atoms with Crippen LogP contribution in [0.1, 0.15) is 37.4 Å². The van der Waals surface area contributed by atoms with Crippen LogP contribution in [0.15, 0.2) is 36.4 Å². The average molecular weight is 410 g/mol.